The monoisotopic (exact) mass is 347 g/mol. The van der Waals surface area contributed by atoms with Gasteiger partial charge >= 0.3 is 11.9 Å². The first-order chi connectivity index (χ1) is 11.4. The molecule has 0 saturated heterocycles. The van der Waals surface area contributed by atoms with Crippen LogP contribution in [0.3, 0.4) is 0 Å². The summed E-state index contributed by atoms with van der Waals surface area (Å²) in [6.07, 6.45) is 0. The molecule has 1 N–H and O–H groups in total. The number of carboxylic acid groups (broad SMARTS) is 1. The fraction of sp³-hybridized carbons (Fsp3) is 0.125. The van der Waals surface area contributed by atoms with Gasteiger partial charge in [-0.25, -0.2) is 9.59 Å². The van der Waals surface area contributed by atoms with E-state index in [0.717, 1.165) is 4.90 Å². The molecule has 0 atom stereocenters. The summed E-state index contributed by atoms with van der Waals surface area (Å²) in [4.78, 5) is 34.5. The van der Waals surface area contributed by atoms with E-state index in [1.54, 1.807) is 19.1 Å². The van der Waals surface area contributed by atoms with E-state index in [9.17, 15) is 19.7 Å². The van der Waals surface area contributed by atoms with Gasteiger partial charge in [-0.3, -0.25) is 10.1 Å². The Hall–Kier alpha value is -2.87. The van der Waals surface area contributed by atoms with Gasteiger partial charge in [-0.2, -0.15) is 0 Å². The molecule has 0 aliphatic heterocycles. The second kappa shape index (κ2) is 7.60. The van der Waals surface area contributed by atoms with Gasteiger partial charge in [-0.1, -0.05) is 11.8 Å². The van der Waals surface area contributed by atoms with Gasteiger partial charge in [0, 0.05) is 15.9 Å². The van der Waals surface area contributed by atoms with Crippen LogP contribution in [0, 0.1) is 10.1 Å². The van der Waals surface area contributed by atoms with Gasteiger partial charge in [-0.05, 0) is 43.3 Å². The second-order valence-corrected chi connectivity index (χ2v) is 5.74. The molecule has 0 heterocycles. The van der Waals surface area contributed by atoms with Crippen LogP contribution in [-0.2, 0) is 4.74 Å². The lowest BCUT2D eigenvalue weighted by Crippen LogP contribution is -2.08. The number of hydrogen-bond acceptors (Lipinski definition) is 6. The van der Waals surface area contributed by atoms with Crippen molar-refractivity contribution in [1.82, 2.24) is 0 Å². The molecule has 0 unspecified atom stereocenters. The zero-order valence-electron chi connectivity index (χ0n) is 12.6. The van der Waals surface area contributed by atoms with Crippen molar-refractivity contribution < 1.29 is 24.4 Å². The molecule has 0 radical (unpaired) electrons. The predicted octanol–water partition coefficient (Wildman–Crippen LogP) is 3.62. The second-order valence-electron chi connectivity index (χ2n) is 4.59. The molecule has 0 aromatic heterocycles. The summed E-state index contributed by atoms with van der Waals surface area (Å²) in [5, 5.41) is 19.9. The Bertz CT molecular complexity index is 788. The molecular weight excluding hydrogens is 334 g/mol. The fourth-order valence-corrected chi connectivity index (χ4v) is 2.77. The Morgan fingerprint density at radius 1 is 1.17 bits per heavy atom. The van der Waals surface area contributed by atoms with E-state index in [1.807, 2.05) is 0 Å². The van der Waals surface area contributed by atoms with Gasteiger partial charge in [-0.15, -0.1) is 0 Å². The largest absolute Gasteiger partial charge is 0.478 e. The van der Waals surface area contributed by atoms with Crippen LogP contribution in [0.1, 0.15) is 27.6 Å². The third-order valence-corrected chi connectivity index (χ3v) is 3.99. The molecule has 2 aromatic rings. The Labute approximate surface area is 141 Å². The van der Waals surface area contributed by atoms with E-state index >= 15 is 0 Å². The van der Waals surface area contributed by atoms with Gasteiger partial charge in [0.2, 0.25) is 0 Å². The summed E-state index contributed by atoms with van der Waals surface area (Å²) in [5.74, 6) is -1.78. The lowest BCUT2D eigenvalue weighted by atomic mass is 10.2. The molecule has 0 bridgehead atoms. The number of carbonyl (C=O) groups excluding carboxylic acids is 1. The minimum Gasteiger partial charge on any atom is -0.478 e. The first kappa shape index (κ1) is 17.5. The quantitative estimate of drug-likeness (QED) is 0.483. The number of hydrogen-bond donors (Lipinski definition) is 1. The van der Waals surface area contributed by atoms with Crippen LogP contribution in [0.25, 0.3) is 0 Å². The minimum absolute atomic E-state index is 0.115. The SMILES string of the molecule is CCOC(=O)c1cc(Sc2ccc(C(=O)O)cc2)ccc1[N+](=O)[O-]. The highest BCUT2D eigenvalue weighted by atomic mass is 32.2. The number of ether oxygens (including phenoxy) is 1. The van der Waals surface area contributed by atoms with Crippen molar-refractivity contribution in [3.8, 4) is 0 Å². The normalized spacial score (nSPS) is 10.2. The summed E-state index contributed by atoms with van der Waals surface area (Å²) >= 11 is 1.25. The van der Waals surface area contributed by atoms with Crippen LogP contribution in [0.2, 0.25) is 0 Å². The highest BCUT2D eigenvalue weighted by Crippen LogP contribution is 2.31. The van der Waals surface area contributed by atoms with E-state index in [4.69, 9.17) is 9.84 Å². The minimum atomic E-state index is -1.02. The van der Waals surface area contributed by atoms with Crippen molar-refractivity contribution in [2.75, 3.05) is 6.61 Å². The number of nitro benzene ring substituents is 1. The molecule has 124 valence electrons. The zero-order valence-corrected chi connectivity index (χ0v) is 13.4. The first-order valence-corrected chi connectivity index (χ1v) is 7.70. The number of rotatable bonds is 6. The fourth-order valence-electron chi connectivity index (χ4n) is 1.91. The summed E-state index contributed by atoms with van der Waals surface area (Å²) in [6.45, 7) is 1.73. The van der Waals surface area contributed by atoms with Gasteiger partial charge in [0.1, 0.15) is 5.56 Å². The Morgan fingerprint density at radius 3 is 2.33 bits per heavy atom. The smallest absolute Gasteiger partial charge is 0.345 e. The average Bonchev–Trinajstić information content (AvgIpc) is 2.55. The van der Waals surface area contributed by atoms with Crippen molar-refractivity contribution in [1.29, 1.82) is 0 Å². The third kappa shape index (κ3) is 4.11. The highest BCUT2D eigenvalue weighted by Gasteiger charge is 2.22. The van der Waals surface area contributed by atoms with Crippen LogP contribution in [0.4, 0.5) is 5.69 Å². The van der Waals surface area contributed by atoms with Crippen molar-refractivity contribution in [2.24, 2.45) is 0 Å². The number of esters is 1. The number of nitrogens with zero attached hydrogens (tertiary/aromatic N) is 1. The van der Waals surface area contributed by atoms with E-state index in [1.165, 1.54) is 42.1 Å². The van der Waals surface area contributed by atoms with Crippen molar-refractivity contribution in [3.05, 3.63) is 63.7 Å². The third-order valence-electron chi connectivity index (χ3n) is 3.00. The molecule has 2 rings (SSSR count). The van der Waals surface area contributed by atoms with E-state index < -0.39 is 16.9 Å². The molecule has 0 amide bonds. The van der Waals surface area contributed by atoms with Crippen LogP contribution < -0.4 is 0 Å². The first-order valence-electron chi connectivity index (χ1n) is 6.89. The van der Waals surface area contributed by atoms with E-state index in [2.05, 4.69) is 0 Å². The molecule has 24 heavy (non-hydrogen) atoms. The van der Waals surface area contributed by atoms with Crippen LogP contribution in [0.5, 0.6) is 0 Å². The molecule has 0 fully saturated rings. The van der Waals surface area contributed by atoms with Gasteiger partial charge < -0.3 is 9.84 Å². The predicted molar refractivity (Wildman–Crippen MR) is 86.6 cm³/mol. The molecule has 8 heteroatoms. The van der Waals surface area contributed by atoms with Crippen LogP contribution in [-0.4, -0.2) is 28.6 Å². The van der Waals surface area contributed by atoms with E-state index in [0.29, 0.717) is 4.90 Å². The maximum Gasteiger partial charge on any atom is 0.345 e. The van der Waals surface area contributed by atoms with Gasteiger partial charge in [0.15, 0.2) is 0 Å². The van der Waals surface area contributed by atoms with Crippen molar-refractivity contribution in [3.63, 3.8) is 0 Å². The lowest BCUT2D eigenvalue weighted by Gasteiger charge is -2.06. The standard InChI is InChI=1S/C16H13NO6S/c1-2-23-16(20)13-9-12(7-8-14(13)17(21)22)24-11-5-3-10(4-6-11)15(18)19/h3-9H,2H2,1H3,(H,18,19). The molecular formula is C16H13NO6S. The maximum absolute atomic E-state index is 11.9. The van der Waals surface area contributed by atoms with Gasteiger partial charge in [0.05, 0.1) is 17.1 Å². The average molecular weight is 347 g/mol. The van der Waals surface area contributed by atoms with Crippen molar-refractivity contribution in [2.45, 2.75) is 16.7 Å². The zero-order chi connectivity index (χ0) is 17.7. The Kier molecular flexibility index (Phi) is 5.54. The molecule has 0 saturated carbocycles. The Morgan fingerprint density at radius 2 is 1.79 bits per heavy atom. The molecule has 7 nitrogen and oxygen atoms in total. The molecule has 0 spiro atoms. The molecule has 2 aromatic carbocycles. The van der Waals surface area contributed by atoms with Crippen molar-refractivity contribution >= 4 is 29.4 Å². The maximum atomic E-state index is 11.9. The summed E-state index contributed by atoms with van der Waals surface area (Å²) in [5.41, 5.74) is -0.275. The summed E-state index contributed by atoms with van der Waals surface area (Å²) in [7, 11) is 0. The number of carboxylic acids is 1. The van der Waals surface area contributed by atoms with Crippen LogP contribution in [0.15, 0.2) is 52.3 Å². The highest BCUT2D eigenvalue weighted by molar-refractivity contribution is 7.99. The number of aromatic carboxylic acids is 1. The molecule has 0 aliphatic rings. The summed E-state index contributed by atoms with van der Waals surface area (Å²) < 4.78 is 4.85. The van der Waals surface area contributed by atoms with Crippen LogP contribution >= 0.6 is 11.8 Å². The topological polar surface area (TPSA) is 107 Å². The number of nitro groups is 1. The summed E-state index contributed by atoms with van der Waals surface area (Å²) in [6, 6.07) is 10.3. The number of carbonyl (C=O) groups is 2. The van der Waals surface area contributed by atoms with E-state index in [-0.39, 0.29) is 23.4 Å². The lowest BCUT2D eigenvalue weighted by molar-refractivity contribution is -0.385. The van der Waals surface area contributed by atoms with Gasteiger partial charge in [0.25, 0.3) is 5.69 Å². The molecule has 0 aliphatic carbocycles. The number of benzene rings is 2. The Balaban J connectivity index is 2.30.